The van der Waals surface area contributed by atoms with Crippen molar-refractivity contribution < 1.29 is 4.79 Å². The maximum atomic E-state index is 11.4. The number of carbonyl (C=O) groups excluding carboxylic acids is 1. The fourth-order valence-corrected chi connectivity index (χ4v) is 1.30. The van der Waals surface area contributed by atoms with Crippen molar-refractivity contribution in [1.29, 1.82) is 5.26 Å². The van der Waals surface area contributed by atoms with Gasteiger partial charge in [0.25, 0.3) is 5.56 Å². The first-order chi connectivity index (χ1) is 7.56. The van der Waals surface area contributed by atoms with Crippen molar-refractivity contribution in [2.24, 2.45) is 0 Å². The second kappa shape index (κ2) is 5.27. The number of H-pyrrole nitrogens is 1. The van der Waals surface area contributed by atoms with Crippen LogP contribution in [0.2, 0.25) is 0 Å². The Bertz CT molecular complexity index is 554. The first kappa shape index (κ1) is 12.2. The standard InChI is InChI=1S/C8H7BrN4O3/c9-5-3-12-8(16)13(7(5)15)4-6(14)11-2-1-10/h3H,2,4H2,(H,11,14)(H,12,16). The maximum absolute atomic E-state index is 11.4. The molecule has 0 bridgehead atoms. The van der Waals surface area contributed by atoms with E-state index in [1.807, 2.05) is 0 Å². The lowest BCUT2D eigenvalue weighted by molar-refractivity contribution is -0.121. The van der Waals surface area contributed by atoms with E-state index in [1.165, 1.54) is 6.20 Å². The molecule has 1 aromatic heterocycles. The van der Waals surface area contributed by atoms with Crippen LogP contribution >= 0.6 is 15.9 Å². The van der Waals surface area contributed by atoms with Gasteiger partial charge in [-0.15, -0.1) is 0 Å². The number of nitrogens with zero attached hydrogens (tertiary/aromatic N) is 2. The lowest BCUT2D eigenvalue weighted by Crippen LogP contribution is -2.40. The van der Waals surface area contributed by atoms with Crippen molar-refractivity contribution in [3.63, 3.8) is 0 Å². The number of nitriles is 1. The summed E-state index contributed by atoms with van der Waals surface area (Å²) in [7, 11) is 0. The first-order valence-corrected chi connectivity index (χ1v) is 4.97. The molecule has 0 spiro atoms. The van der Waals surface area contributed by atoms with Gasteiger partial charge in [0.05, 0.1) is 10.5 Å². The van der Waals surface area contributed by atoms with Crippen molar-refractivity contribution in [3.05, 3.63) is 31.5 Å². The topological polar surface area (TPSA) is 108 Å². The summed E-state index contributed by atoms with van der Waals surface area (Å²) in [5.74, 6) is -0.577. The van der Waals surface area contributed by atoms with Crippen LogP contribution in [0, 0.1) is 11.3 Å². The van der Waals surface area contributed by atoms with Crippen molar-refractivity contribution in [2.75, 3.05) is 6.54 Å². The van der Waals surface area contributed by atoms with Gasteiger partial charge in [-0.1, -0.05) is 0 Å². The Kier molecular flexibility index (Phi) is 4.02. The highest BCUT2D eigenvalue weighted by molar-refractivity contribution is 9.10. The van der Waals surface area contributed by atoms with Gasteiger partial charge < -0.3 is 10.3 Å². The SMILES string of the molecule is N#CCNC(=O)Cn1c(=O)[nH]cc(Br)c1=O. The van der Waals surface area contributed by atoms with Gasteiger partial charge in [-0.2, -0.15) is 5.26 Å². The summed E-state index contributed by atoms with van der Waals surface area (Å²) in [6, 6.07) is 1.71. The molecule has 0 aliphatic carbocycles. The van der Waals surface area contributed by atoms with Gasteiger partial charge in [0.15, 0.2) is 0 Å². The van der Waals surface area contributed by atoms with Crippen LogP contribution in [0.5, 0.6) is 0 Å². The molecule has 0 saturated heterocycles. The predicted molar refractivity (Wildman–Crippen MR) is 57.6 cm³/mol. The molecule has 1 aromatic rings. The number of hydrogen-bond acceptors (Lipinski definition) is 4. The Morgan fingerprint density at radius 3 is 2.94 bits per heavy atom. The minimum Gasteiger partial charge on any atom is -0.341 e. The highest BCUT2D eigenvalue weighted by atomic mass is 79.9. The zero-order valence-corrected chi connectivity index (χ0v) is 9.57. The molecule has 0 fully saturated rings. The molecule has 84 valence electrons. The Hall–Kier alpha value is -1.88. The normalized spacial score (nSPS) is 9.50. The molecule has 0 unspecified atom stereocenters. The molecule has 0 saturated carbocycles. The molecule has 1 amide bonds. The molecule has 0 aromatic carbocycles. The Morgan fingerprint density at radius 2 is 2.31 bits per heavy atom. The Morgan fingerprint density at radius 1 is 1.62 bits per heavy atom. The largest absolute Gasteiger partial charge is 0.341 e. The molecule has 1 rings (SSSR count). The molecular formula is C8H7BrN4O3. The average Bonchev–Trinajstić information content (AvgIpc) is 2.27. The summed E-state index contributed by atoms with van der Waals surface area (Å²) in [6.07, 6.45) is 1.20. The lowest BCUT2D eigenvalue weighted by Gasteiger charge is -2.03. The minimum absolute atomic E-state index is 0.153. The van der Waals surface area contributed by atoms with Gasteiger partial charge in [-0.25, -0.2) is 9.36 Å². The fraction of sp³-hybridized carbons (Fsp3) is 0.250. The lowest BCUT2D eigenvalue weighted by atomic mass is 10.5. The molecule has 7 nitrogen and oxygen atoms in total. The smallest absolute Gasteiger partial charge is 0.328 e. The monoisotopic (exact) mass is 286 g/mol. The van der Waals surface area contributed by atoms with E-state index in [9.17, 15) is 14.4 Å². The van der Waals surface area contributed by atoms with Crippen LogP contribution < -0.4 is 16.6 Å². The number of halogens is 1. The number of carbonyl (C=O) groups is 1. The third kappa shape index (κ3) is 2.80. The van der Waals surface area contributed by atoms with Gasteiger partial charge in [0.1, 0.15) is 13.1 Å². The van der Waals surface area contributed by atoms with E-state index >= 15 is 0 Å². The van der Waals surface area contributed by atoms with E-state index in [4.69, 9.17) is 5.26 Å². The fourth-order valence-electron chi connectivity index (χ4n) is 0.967. The number of nitrogens with one attached hydrogen (secondary N) is 2. The number of hydrogen-bond donors (Lipinski definition) is 2. The van der Waals surface area contributed by atoms with Crippen molar-refractivity contribution in [1.82, 2.24) is 14.9 Å². The predicted octanol–water partition coefficient (Wildman–Crippen LogP) is -1.06. The van der Waals surface area contributed by atoms with E-state index in [0.29, 0.717) is 0 Å². The summed E-state index contributed by atoms with van der Waals surface area (Å²) in [5, 5.41) is 10.5. The summed E-state index contributed by atoms with van der Waals surface area (Å²) >= 11 is 2.94. The van der Waals surface area contributed by atoms with Crippen molar-refractivity contribution >= 4 is 21.8 Å². The van der Waals surface area contributed by atoms with Crippen LogP contribution in [-0.4, -0.2) is 22.0 Å². The molecule has 0 aliphatic rings. The van der Waals surface area contributed by atoms with E-state index in [1.54, 1.807) is 6.07 Å². The zero-order chi connectivity index (χ0) is 12.1. The summed E-state index contributed by atoms with van der Waals surface area (Å²) in [5.41, 5.74) is -1.28. The highest BCUT2D eigenvalue weighted by Crippen LogP contribution is 1.95. The molecular weight excluding hydrogens is 280 g/mol. The highest BCUT2D eigenvalue weighted by Gasteiger charge is 2.09. The van der Waals surface area contributed by atoms with Crippen LogP contribution in [0.4, 0.5) is 0 Å². The van der Waals surface area contributed by atoms with Crippen LogP contribution in [-0.2, 0) is 11.3 Å². The molecule has 1 heterocycles. The van der Waals surface area contributed by atoms with Gasteiger partial charge in [-0.05, 0) is 15.9 Å². The third-order valence-corrected chi connectivity index (χ3v) is 2.25. The minimum atomic E-state index is -0.680. The maximum Gasteiger partial charge on any atom is 0.328 e. The van der Waals surface area contributed by atoms with Crippen LogP contribution in [0.1, 0.15) is 0 Å². The second-order valence-electron chi connectivity index (χ2n) is 2.77. The van der Waals surface area contributed by atoms with Gasteiger partial charge in [0.2, 0.25) is 5.91 Å². The van der Waals surface area contributed by atoms with Crippen molar-refractivity contribution in [2.45, 2.75) is 6.54 Å². The first-order valence-electron chi connectivity index (χ1n) is 4.18. The molecule has 0 radical (unpaired) electrons. The van der Waals surface area contributed by atoms with E-state index < -0.39 is 23.7 Å². The Labute approximate surface area is 97.8 Å². The molecule has 2 N–H and O–H groups in total. The van der Waals surface area contributed by atoms with Gasteiger partial charge in [0, 0.05) is 6.20 Å². The Balaban J connectivity index is 2.95. The summed E-state index contributed by atoms with van der Waals surface area (Å²) in [4.78, 5) is 36.2. The number of aromatic amines is 1. The van der Waals surface area contributed by atoms with Gasteiger partial charge >= 0.3 is 5.69 Å². The van der Waals surface area contributed by atoms with E-state index in [0.717, 1.165) is 4.57 Å². The van der Waals surface area contributed by atoms with E-state index in [-0.39, 0.29) is 11.0 Å². The summed E-state index contributed by atoms with van der Waals surface area (Å²) < 4.78 is 0.886. The number of amides is 1. The summed E-state index contributed by atoms with van der Waals surface area (Å²) in [6.45, 7) is -0.589. The molecule has 8 heteroatoms. The van der Waals surface area contributed by atoms with Crippen LogP contribution in [0.3, 0.4) is 0 Å². The van der Waals surface area contributed by atoms with Crippen molar-refractivity contribution in [3.8, 4) is 6.07 Å². The van der Waals surface area contributed by atoms with Gasteiger partial charge in [-0.3, -0.25) is 9.59 Å². The van der Waals surface area contributed by atoms with E-state index in [2.05, 4.69) is 26.2 Å². The molecule has 16 heavy (non-hydrogen) atoms. The average molecular weight is 287 g/mol. The quantitative estimate of drug-likeness (QED) is 0.691. The second-order valence-corrected chi connectivity index (χ2v) is 3.62. The number of rotatable bonds is 3. The zero-order valence-electron chi connectivity index (χ0n) is 7.99. The van der Waals surface area contributed by atoms with Crippen LogP contribution in [0.15, 0.2) is 20.3 Å². The molecule has 0 aliphatic heterocycles. The number of aromatic nitrogens is 2. The van der Waals surface area contributed by atoms with Crippen LogP contribution in [0.25, 0.3) is 0 Å². The molecule has 0 atom stereocenters. The third-order valence-electron chi connectivity index (χ3n) is 1.68.